The van der Waals surface area contributed by atoms with Crippen LogP contribution in [-0.2, 0) is 12.8 Å². The Morgan fingerprint density at radius 2 is 1.68 bits per heavy atom. The summed E-state index contributed by atoms with van der Waals surface area (Å²) in [6.45, 7) is 4.32. The number of benzene rings is 2. The zero-order valence-corrected chi connectivity index (χ0v) is 17.1. The maximum Gasteiger partial charge on any atom is 0.135 e. The summed E-state index contributed by atoms with van der Waals surface area (Å²) in [5.74, 6) is -0.364. The van der Waals surface area contributed by atoms with E-state index in [9.17, 15) is 8.78 Å². The lowest BCUT2D eigenvalue weighted by molar-refractivity contribution is 0.591. The Bertz CT molecular complexity index is 988. The molecule has 0 radical (unpaired) electrons. The van der Waals surface area contributed by atoms with Crippen molar-refractivity contribution in [2.45, 2.75) is 39.5 Å². The topological polar surface area (TPSA) is 0 Å². The summed E-state index contributed by atoms with van der Waals surface area (Å²) in [5, 5.41) is 0. The standard InChI is InChI=1S/C25H24F2S/c1-3-17-6-8-19(9-7-17)20-14-22(26)25(23(27)15-20)24-11-10-21(28-24)13-18-5-4-16(2)12-18/h6-12,14-16H,3-5,13H2,1-2H3. The molecule has 1 heterocycles. The van der Waals surface area contributed by atoms with Gasteiger partial charge in [0.25, 0.3) is 0 Å². The summed E-state index contributed by atoms with van der Waals surface area (Å²) >= 11 is 1.49. The quantitative estimate of drug-likeness (QED) is 0.387. The minimum absolute atomic E-state index is 0.0824. The van der Waals surface area contributed by atoms with Gasteiger partial charge in [-0.05, 0) is 66.1 Å². The van der Waals surface area contributed by atoms with Crippen molar-refractivity contribution in [1.82, 2.24) is 0 Å². The van der Waals surface area contributed by atoms with E-state index in [0.717, 1.165) is 29.7 Å². The molecule has 1 aromatic heterocycles. The number of halogens is 2. The average Bonchev–Trinajstić information content (AvgIpc) is 3.30. The van der Waals surface area contributed by atoms with Gasteiger partial charge in [0.1, 0.15) is 11.6 Å². The molecular weight excluding hydrogens is 370 g/mol. The van der Waals surface area contributed by atoms with Crippen molar-refractivity contribution in [2.24, 2.45) is 5.92 Å². The van der Waals surface area contributed by atoms with E-state index in [2.05, 4.69) is 19.9 Å². The van der Waals surface area contributed by atoms with Crippen LogP contribution in [0, 0.1) is 17.6 Å². The molecule has 4 rings (SSSR count). The SMILES string of the molecule is CCc1ccc(-c2cc(F)c(-c3ccc(CC4=CC(C)CC4)s3)c(F)c2)cc1. The Kier molecular flexibility index (Phi) is 5.45. The first-order valence-corrected chi connectivity index (χ1v) is 10.7. The molecule has 3 heteroatoms. The minimum atomic E-state index is -0.503. The predicted molar refractivity (Wildman–Crippen MR) is 115 cm³/mol. The van der Waals surface area contributed by atoms with Gasteiger partial charge >= 0.3 is 0 Å². The number of thiophene rings is 1. The van der Waals surface area contributed by atoms with Crippen molar-refractivity contribution in [3.8, 4) is 21.6 Å². The number of rotatable bonds is 5. The highest BCUT2D eigenvalue weighted by atomic mass is 32.1. The van der Waals surface area contributed by atoms with Crippen LogP contribution in [-0.4, -0.2) is 0 Å². The van der Waals surface area contributed by atoms with Gasteiger partial charge in [0.15, 0.2) is 0 Å². The first kappa shape index (κ1) is 19.1. The van der Waals surface area contributed by atoms with Crippen LogP contribution in [0.25, 0.3) is 21.6 Å². The number of allylic oxidation sites excluding steroid dienone is 2. The number of hydrogen-bond donors (Lipinski definition) is 0. The molecule has 0 saturated heterocycles. The second kappa shape index (κ2) is 8.00. The molecule has 1 atom stereocenters. The van der Waals surface area contributed by atoms with Gasteiger partial charge < -0.3 is 0 Å². The third-order valence-electron chi connectivity index (χ3n) is 5.49. The number of aryl methyl sites for hydroxylation is 1. The molecule has 28 heavy (non-hydrogen) atoms. The largest absolute Gasteiger partial charge is 0.206 e. The molecule has 1 aliphatic rings. The van der Waals surface area contributed by atoms with E-state index in [1.807, 2.05) is 36.4 Å². The van der Waals surface area contributed by atoms with Crippen LogP contribution in [0.4, 0.5) is 8.78 Å². The Hall–Kier alpha value is -2.26. The molecule has 0 aliphatic heterocycles. The monoisotopic (exact) mass is 394 g/mol. The van der Waals surface area contributed by atoms with Crippen LogP contribution in [0.5, 0.6) is 0 Å². The predicted octanol–water partition coefficient (Wildman–Crippen LogP) is 7.82. The molecule has 2 aromatic carbocycles. The third kappa shape index (κ3) is 3.95. The zero-order chi connectivity index (χ0) is 19.7. The van der Waals surface area contributed by atoms with Gasteiger partial charge in [0.05, 0.1) is 5.56 Å². The summed E-state index contributed by atoms with van der Waals surface area (Å²) in [4.78, 5) is 1.82. The lowest BCUT2D eigenvalue weighted by Crippen LogP contribution is -1.91. The van der Waals surface area contributed by atoms with Crippen LogP contribution in [0.3, 0.4) is 0 Å². The normalized spacial score (nSPS) is 16.4. The Morgan fingerprint density at radius 3 is 2.29 bits per heavy atom. The van der Waals surface area contributed by atoms with E-state index in [4.69, 9.17) is 0 Å². The summed E-state index contributed by atoms with van der Waals surface area (Å²) in [6, 6.07) is 14.6. The lowest BCUT2D eigenvalue weighted by atomic mass is 10.0. The number of hydrogen-bond acceptors (Lipinski definition) is 1. The Balaban J connectivity index is 1.61. The van der Waals surface area contributed by atoms with Gasteiger partial charge in [-0.15, -0.1) is 11.3 Å². The fourth-order valence-electron chi connectivity index (χ4n) is 3.87. The smallest absolute Gasteiger partial charge is 0.135 e. The summed E-state index contributed by atoms with van der Waals surface area (Å²) < 4.78 is 29.7. The minimum Gasteiger partial charge on any atom is -0.206 e. The fourth-order valence-corrected chi connectivity index (χ4v) is 4.98. The molecule has 0 nitrogen and oxygen atoms in total. The van der Waals surface area contributed by atoms with Crippen LogP contribution >= 0.6 is 11.3 Å². The second-order valence-electron chi connectivity index (χ2n) is 7.65. The van der Waals surface area contributed by atoms with Crippen molar-refractivity contribution in [3.05, 3.63) is 82.3 Å². The maximum absolute atomic E-state index is 14.8. The van der Waals surface area contributed by atoms with Crippen LogP contribution in [0.2, 0.25) is 0 Å². The fraction of sp³-hybridized carbons (Fsp3) is 0.280. The molecule has 0 bridgehead atoms. The van der Waals surface area contributed by atoms with E-state index in [1.165, 1.54) is 41.0 Å². The van der Waals surface area contributed by atoms with Gasteiger partial charge in [-0.25, -0.2) is 8.78 Å². The van der Waals surface area contributed by atoms with Crippen molar-refractivity contribution < 1.29 is 8.78 Å². The highest BCUT2D eigenvalue weighted by molar-refractivity contribution is 7.15. The maximum atomic E-state index is 14.8. The molecule has 0 amide bonds. The molecule has 144 valence electrons. The lowest BCUT2D eigenvalue weighted by Gasteiger charge is -2.08. The molecule has 0 fully saturated rings. The van der Waals surface area contributed by atoms with E-state index in [0.29, 0.717) is 16.4 Å². The Morgan fingerprint density at radius 1 is 0.964 bits per heavy atom. The average molecular weight is 395 g/mol. The van der Waals surface area contributed by atoms with Crippen LogP contribution in [0.1, 0.15) is 37.1 Å². The first-order chi connectivity index (χ1) is 13.5. The second-order valence-corrected chi connectivity index (χ2v) is 8.82. The van der Waals surface area contributed by atoms with E-state index in [1.54, 1.807) is 0 Å². The Labute approximate surface area is 169 Å². The van der Waals surface area contributed by atoms with Crippen molar-refractivity contribution >= 4 is 11.3 Å². The highest BCUT2D eigenvalue weighted by Gasteiger charge is 2.17. The first-order valence-electron chi connectivity index (χ1n) is 9.90. The molecule has 1 unspecified atom stereocenters. The van der Waals surface area contributed by atoms with Gasteiger partial charge in [-0.1, -0.05) is 49.8 Å². The van der Waals surface area contributed by atoms with Gasteiger partial charge in [-0.2, -0.15) is 0 Å². The van der Waals surface area contributed by atoms with Gasteiger partial charge in [0, 0.05) is 16.2 Å². The van der Waals surface area contributed by atoms with Crippen LogP contribution in [0.15, 0.2) is 60.2 Å². The van der Waals surface area contributed by atoms with E-state index in [-0.39, 0.29) is 5.56 Å². The van der Waals surface area contributed by atoms with E-state index < -0.39 is 11.6 Å². The van der Waals surface area contributed by atoms with Crippen molar-refractivity contribution in [2.75, 3.05) is 0 Å². The van der Waals surface area contributed by atoms with Crippen molar-refractivity contribution in [1.29, 1.82) is 0 Å². The molecular formula is C25H24F2S. The highest BCUT2D eigenvalue weighted by Crippen LogP contribution is 2.37. The third-order valence-corrected chi connectivity index (χ3v) is 6.59. The summed E-state index contributed by atoms with van der Waals surface area (Å²) in [7, 11) is 0. The van der Waals surface area contributed by atoms with E-state index >= 15 is 0 Å². The van der Waals surface area contributed by atoms with Gasteiger partial charge in [-0.3, -0.25) is 0 Å². The zero-order valence-electron chi connectivity index (χ0n) is 16.3. The molecule has 3 aromatic rings. The molecule has 0 N–H and O–H groups in total. The molecule has 0 spiro atoms. The summed E-state index contributed by atoms with van der Waals surface area (Å²) in [5.41, 5.74) is 4.13. The van der Waals surface area contributed by atoms with Crippen molar-refractivity contribution in [3.63, 3.8) is 0 Å². The molecule has 0 saturated carbocycles. The summed E-state index contributed by atoms with van der Waals surface area (Å²) in [6.07, 6.45) is 6.50. The molecule has 1 aliphatic carbocycles. The van der Waals surface area contributed by atoms with Crippen LogP contribution < -0.4 is 0 Å². The van der Waals surface area contributed by atoms with Gasteiger partial charge in [0.2, 0.25) is 0 Å².